The van der Waals surface area contributed by atoms with E-state index in [-0.39, 0.29) is 12.4 Å². The van der Waals surface area contributed by atoms with Gasteiger partial charge in [-0.1, -0.05) is 0 Å². The number of hydrogen-bond donors (Lipinski definition) is 4. The van der Waals surface area contributed by atoms with Crippen LogP contribution in [-0.4, -0.2) is 41.2 Å². The normalized spacial score (nSPS) is 12.1. The van der Waals surface area contributed by atoms with E-state index in [1.807, 2.05) is 18.2 Å². The van der Waals surface area contributed by atoms with E-state index in [0.717, 1.165) is 16.6 Å². The first-order valence-electron chi connectivity index (χ1n) is 7.49. The number of benzene rings is 1. The van der Waals surface area contributed by atoms with Crippen molar-refractivity contribution < 1.29 is 19.4 Å². The lowest BCUT2D eigenvalue weighted by Crippen LogP contribution is -2.22. The number of aromatic amines is 1. The first-order valence-corrected chi connectivity index (χ1v) is 7.49. The fraction of sp³-hybridized carbons (Fsp3) is 0.375. The van der Waals surface area contributed by atoms with Crippen LogP contribution in [0.5, 0.6) is 0 Å². The number of carbonyl (C=O) groups excluding carboxylic acids is 2. The molecule has 0 saturated carbocycles. The third-order valence-corrected chi connectivity index (χ3v) is 3.38. The number of carbonyl (C=O) groups is 2. The third-order valence-electron chi connectivity index (χ3n) is 3.38. The van der Waals surface area contributed by atoms with Gasteiger partial charge >= 0.3 is 5.97 Å². The molecule has 1 atom stereocenters. The van der Waals surface area contributed by atoms with E-state index in [1.54, 1.807) is 13.0 Å². The zero-order chi connectivity index (χ0) is 16.8. The van der Waals surface area contributed by atoms with E-state index in [9.17, 15) is 14.7 Å². The van der Waals surface area contributed by atoms with Gasteiger partial charge in [0.05, 0.1) is 12.7 Å². The lowest BCUT2D eigenvalue weighted by molar-refractivity contribution is -0.118. The molecule has 5 N–H and O–H groups in total. The smallest absolute Gasteiger partial charge is 0.354 e. The predicted molar refractivity (Wildman–Crippen MR) is 87.2 cm³/mol. The van der Waals surface area contributed by atoms with E-state index in [4.69, 9.17) is 10.5 Å². The monoisotopic (exact) mass is 319 g/mol. The van der Waals surface area contributed by atoms with Gasteiger partial charge in [-0.05, 0) is 37.6 Å². The van der Waals surface area contributed by atoms with Gasteiger partial charge in [-0.2, -0.15) is 0 Å². The summed E-state index contributed by atoms with van der Waals surface area (Å²) in [5.74, 6) is -0.815. The maximum absolute atomic E-state index is 11.7. The standard InChI is InChI=1S/C16H21N3O4/c1-2-23-16(22)14-8-10-7-11(3-5-13(10)19-14)18-9-12(20)4-6-15(17)21/h3,5,7-8,12,18-20H,2,4,6,9H2,1H3,(H2,17,21). The van der Waals surface area contributed by atoms with Crippen LogP contribution >= 0.6 is 0 Å². The molecule has 23 heavy (non-hydrogen) atoms. The molecule has 0 radical (unpaired) electrons. The molecule has 0 saturated heterocycles. The molecule has 0 aliphatic heterocycles. The summed E-state index contributed by atoms with van der Waals surface area (Å²) in [5.41, 5.74) is 7.09. The second kappa shape index (κ2) is 7.64. The number of hydrogen-bond acceptors (Lipinski definition) is 5. The van der Waals surface area contributed by atoms with Gasteiger partial charge in [0, 0.05) is 29.6 Å². The number of anilines is 1. The number of H-pyrrole nitrogens is 1. The molecule has 2 rings (SSSR count). The Labute approximate surface area is 133 Å². The summed E-state index contributed by atoms with van der Waals surface area (Å²) in [6, 6.07) is 7.28. The molecule has 1 aromatic heterocycles. The number of rotatable bonds is 8. The van der Waals surface area contributed by atoms with Gasteiger partial charge in [0.15, 0.2) is 0 Å². The molecule has 1 unspecified atom stereocenters. The van der Waals surface area contributed by atoms with Gasteiger partial charge in [-0.15, -0.1) is 0 Å². The Morgan fingerprint density at radius 2 is 2.17 bits per heavy atom. The number of amides is 1. The number of aliphatic hydroxyl groups is 1. The highest BCUT2D eigenvalue weighted by Gasteiger charge is 2.11. The topological polar surface area (TPSA) is 117 Å². The number of fused-ring (bicyclic) bond motifs is 1. The predicted octanol–water partition coefficient (Wildman–Crippen LogP) is 1.38. The molecule has 0 bridgehead atoms. The van der Waals surface area contributed by atoms with Crippen LogP contribution in [0.3, 0.4) is 0 Å². The first kappa shape index (κ1) is 16.8. The zero-order valence-electron chi connectivity index (χ0n) is 13.0. The number of ether oxygens (including phenoxy) is 1. The van der Waals surface area contributed by atoms with Gasteiger partial charge in [-0.25, -0.2) is 4.79 Å². The Bertz CT molecular complexity index is 696. The maximum Gasteiger partial charge on any atom is 0.354 e. The minimum atomic E-state index is -0.653. The molecule has 1 aromatic carbocycles. The van der Waals surface area contributed by atoms with Crippen molar-refractivity contribution >= 4 is 28.5 Å². The quantitative estimate of drug-likeness (QED) is 0.548. The van der Waals surface area contributed by atoms with Gasteiger partial charge < -0.3 is 25.9 Å². The number of aromatic nitrogens is 1. The number of nitrogens with one attached hydrogen (secondary N) is 2. The lowest BCUT2D eigenvalue weighted by Gasteiger charge is -2.12. The molecule has 1 amide bonds. The van der Waals surface area contributed by atoms with Crippen LogP contribution in [0.15, 0.2) is 24.3 Å². The van der Waals surface area contributed by atoms with E-state index in [2.05, 4.69) is 10.3 Å². The third kappa shape index (κ3) is 4.72. The van der Waals surface area contributed by atoms with Crippen LogP contribution in [0.4, 0.5) is 5.69 Å². The highest BCUT2D eigenvalue weighted by Crippen LogP contribution is 2.20. The molecule has 7 nitrogen and oxygen atoms in total. The van der Waals surface area contributed by atoms with Gasteiger partial charge in [0.25, 0.3) is 0 Å². The summed E-state index contributed by atoms with van der Waals surface area (Å²) in [4.78, 5) is 25.4. The second-order valence-corrected chi connectivity index (χ2v) is 5.25. The van der Waals surface area contributed by atoms with Crippen molar-refractivity contribution in [1.29, 1.82) is 0 Å². The van der Waals surface area contributed by atoms with Crippen molar-refractivity contribution in [3.05, 3.63) is 30.0 Å². The van der Waals surface area contributed by atoms with Crippen LogP contribution in [-0.2, 0) is 9.53 Å². The largest absolute Gasteiger partial charge is 0.461 e. The van der Waals surface area contributed by atoms with Crippen molar-refractivity contribution in [2.24, 2.45) is 5.73 Å². The molecule has 0 aliphatic rings. The fourth-order valence-corrected chi connectivity index (χ4v) is 2.21. The summed E-state index contributed by atoms with van der Waals surface area (Å²) in [6.45, 7) is 2.39. The summed E-state index contributed by atoms with van der Waals surface area (Å²) in [7, 11) is 0. The van der Waals surface area contributed by atoms with Gasteiger partial charge in [0.2, 0.25) is 5.91 Å². The first-order chi connectivity index (χ1) is 11.0. The Kier molecular flexibility index (Phi) is 5.59. The summed E-state index contributed by atoms with van der Waals surface area (Å²) in [6.07, 6.45) is -0.177. The molecule has 0 fully saturated rings. The summed E-state index contributed by atoms with van der Waals surface area (Å²) in [5, 5.41) is 13.7. The van der Waals surface area contributed by atoms with Crippen LogP contribution in [0.25, 0.3) is 10.9 Å². The van der Waals surface area contributed by atoms with Crippen molar-refractivity contribution in [2.75, 3.05) is 18.5 Å². The molecule has 0 spiro atoms. The van der Waals surface area contributed by atoms with Crippen LogP contribution < -0.4 is 11.1 Å². The van der Waals surface area contributed by atoms with Crippen molar-refractivity contribution in [3.63, 3.8) is 0 Å². The highest BCUT2D eigenvalue weighted by atomic mass is 16.5. The van der Waals surface area contributed by atoms with E-state index in [0.29, 0.717) is 25.3 Å². The average molecular weight is 319 g/mol. The zero-order valence-corrected chi connectivity index (χ0v) is 13.0. The Hall–Kier alpha value is -2.54. The summed E-state index contributed by atoms with van der Waals surface area (Å²) >= 11 is 0. The average Bonchev–Trinajstić information content (AvgIpc) is 2.94. The number of nitrogens with two attached hydrogens (primary N) is 1. The van der Waals surface area contributed by atoms with E-state index < -0.39 is 12.0 Å². The Morgan fingerprint density at radius 3 is 2.87 bits per heavy atom. The molecule has 2 aromatic rings. The minimum Gasteiger partial charge on any atom is -0.461 e. The summed E-state index contributed by atoms with van der Waals surface area (Å²) < 4.78 is 4.96. The Balaban J connectivity index is 1.99. The second-order valence-electron chi connectivity index (χ2n) is 5.25. The molecular formula is C16H21N3O4. The van der Waals surface area contributed by atoms with Crippen molar-refractivity contribution in [3.8, 4) is 0 Å². The Morgan fingerprint density at radius 1 is 1.39 bits per heavy atom. The SMILES string of the molecule is CCOC(=O)c1cc2cc(NCC(O)CCC(N)=O)ccc2[nH]1. The highest BCUT2D eigenvalue weighted by molar-refractivity contribution is 5.95. The van der Waals surface area contributed by atoms with Gasteiger partial charge in [0.1, 0.15) is 5.69 Å². The number of primary amides is 1. The molecule has 1 heterocycles. The van der Waals surface area contributed by atoms with E-state index in [1.165, 1.54) is 0 Å². The van der Waals surface area contributed by atoms with Crippen LogP contribution in [0.1, 0.15) is 30.3 Å². The minimum absolute atomic E-state index is 0.155. The van der Waals surface area contributed by atoms with Crippen LogP contribution in [0.2, 0.25) is 0 Å². The number of esters is 1. The molecular weight excluding hydrogens is 298 g/mol. The van der Waals surface area contributed by atoms with Crippen molar-refractivity contribution in [2.45, 2.75) is 25.9 Å². The lowest BCUT2D eigenvalue weighted by atomic mass is 10.2. The van der Waals surface area contributed by atoms with Gasteiger partial charge in [-0.3, -0.25) is 4.79 Å². The van der Waals surface area contributed by atoms with Crippen molar-refractivity contribution in [1.82, 2.24) is 4.98 Å². The fourth-order valence-electron chi connectivity index (χ4n) is 2.21. The molecule has 7 heteroatoms. The molecule has 124 valence electrons. The maximum atomic E-state index is 11.7. The van der Waals surface area contributed by atoms with E-state index >= 15 is 0 Å². The number of aliphatic hydroxyl groups excluding tert-OH is 1. The molecule has 0 aliphatic carbocycles. The van der Waals surface area contributed by atoms with Crippen LogP contribution in [0, 0.1) is 0 Å².